The van der Waals surface area contributed by atoms with Crippen LogP contribution >= 0.6 is 0 Å². The molecular weight excluding hydrogens is 579 g/mol. The van der Waals surface area contributed by atoms with Crippen LogP contribution in [0.2, 0.25) is 0 Å². The van der Waals surface area contributed by atoms with Crippen molar-refractivity contribution in [3.8, 4) is 11.1 Å². The second-order valence-corrected chi connectivity index (χ2v) is 13.1. The van der Waals surface area contributed by atoms with Crippen molar-refractivity contribution in [1.82, 2.24) is 30.2 Å². The summed E-state index contributed by atoms with van der Waals surface area (Å²) in [5, 5.41) is 6.54. The Morgan fingerprint density at radius 3 is 2.28 bits per heavy atom. The SMILES string of the molecule is C[C@H]1CN(Cc2cccc(-c3cc(CNC(=O)c4cccc(CN5CCN(CCN6CCOCC6)CC5)c4)ccc3F)c2)CCN1. The van der Waals surface area contributed by atoms with Crippen LogP contribution in [0, 0.1) is 5.82 Å². The summed E-state index contributed by atoms with van der Waals surface area (Å²) >= 11 is 0. The summed E-state index contributed by atoms with van der Waals surface area (Å²) in [6.07, 6.45) is 0. The number of piperazine rings is 2. The lowest BCUT2D eigenvalue weighted by atomic mass is 10.00. The van der Waals surface area contributed by atoms with Crippen LogP contribution in [0.5, 0.6) is 0 Å². The minimum Gasteiger partial charge on any atom is -0.379 e. The summed E-state index contributed by atoms with van der Waals surface area (Å²) in [7, 11) is 0. The average Bonchev–Trinajstić information content (AvgIpc) is 3.08. The highest BCUT2D eigenvalue weighted by Gasteiger charge is 2.20. The van der Waals surface area contributed by atoms with E-state index in [2.05, 4.69) is 55.4 Å². The van der Waals surface area contributed by atoms with Gasteiger partial charge in [0.05, 0.1) is 13.2 Å². The molecule has 0 radical (unpaired) electrons. The molecular formula is C37H49FN6O2. The van der Waals surface area contributed by atoms with Gasteiger partial charge in [0, 0.05) is 109 Å². The Labute approximate surface area is 273 Å². The number of morpholine rings is 1. The number of benzene rings is 3. The maximum atomic E-state index is 15.0. The van der Waals surface area contributed by atoms with Gasteiger partial charge in [-0.3, -0.25) is 24.4 Å². The Balaban J connectivity index is 0.996. The molecule has 0 aliphatic carbocycles. The van der Waals surface area contributed by atoms with E-state index in [4.69, 9.17) is 4.74 Å². The van der Waals surface area contributed by atoms with Crippen LogP contribution < -0.4 is 10.6 Å². The van der Waals surface area contributed by atoms with Crippen LogP contribution in [0.1, 0.15) is 34.0 Å². The Morgan fingerprint density at radius 2 is 1.50 bits per heavy atom. The minimum absolute atomic E-state index is 0.118. The molecule has 46 heavy (non-hydrogen) atoms. The lowest BCUT2D eigenvalue weighted by Crippen LogP contribution is -2.49. The largest absolute Gasteiger partial charge is 0.379 e. The minimum atomic E-state index is -0.256. The van der Waals surface area contributed by atoms with Crippen LogP contribution in [0.25, 0.3) is 11.1 Å². The smallest absolute Gasteiger partial charge is 0.251 e. The van der Waals surface area contributed by atoms with E-state index < -0.39 is 0 Å². The summed E-state index contributed by atoms with van der Waals surface area (Å²) in [4.78, 5) is 23.1. The van der Waals surface area contributed by atoms with Crippen LogP contribution in [0.15, 0.2) is 66.7 Å². The van der Waals surface area contributed by atoms with Crippen molar-refractivity contribution in [2.45, 2.75) is 32.6 Å². The van der Waals surface area contributed by atoms with Gasteiger partial charge in [0.2, 0.25) is 0 Å². The lowest BCUT2D eigenvalue weighted by Gasteiger charge is -2.36. The monoisotopic (exact) mass is 628 g/mol. The molecule has 6 rings (SSSR count). The number of ether oxygens (including phenoxy) is 1. The predicted molar refractivity (Wildman–Crippen MR) is 181 cm³/mol. The van der Waals surface area contributed by atoms with Gasteiger partial charge in [-0.25, -0.2) is 4.39 Å². The first-order chi connectivity index (χ1) is 22.5. The van der Waals surface area contributed by atoms with Gasteiger partial charge in [-0.05, 0) is 59.5 Å². The molecule has 3 aromatic rings. The molecule has 246 valence electrons. The van der Waals surface area contributed by atoms with Crippen molar-refractivity contribution >= 4 is 5.91 Å². The first-order valence-electron chi connectivity index (χ1n) is 16.9. The van der Waals surface area contributed by atoms with Crippen molar-refractivity contribution in [3.05, 3.63) is 94.8 Å². The first kappa shape index (κ1) is 32.7. The molecule has 3 aromatic carbocycles. The highest BCUT2D eigenvalue weighted by atomic mass is 19.1. The maximum Gasteiger partial charge on any atom is 0.251 e. The van der Waals surface area contributed by atoms with Crippen molar-refractivity contribution in [2.75, 3.05) is 85.2 Å². The fourth-order valence-electron chi connectivity index (χ4n) is 6.79. The summed E-state index contributed by atoms with van der Waals surface area (Å²) in [6, 6.07) is 21.7. The van der Waals surface area contributed by atoms with E-state index in [1.165, 1.54) is 11.6 Å². The first-order valence-corrected chi connectivity index (χ1v) is 16.9. The van der Waals surface area contributed by atoms with Gasteiger partial charge >= 0.3 is 0 Å². The number of hydrogen-bond acceptors (Lipinski definition) is 7. The molecule has 1 amide bonds. The van der Waals surface area contributed by atoms with Gasteiger partial charge in [-0.1, -0.05) is 36.4 Å². The van der Waals surface area contributed by atoms with Gasteiger partial charge < -0.3 is 15.4 Å². The second kappa shape index (κ2) is 16.1. The molecule has 2 N–H and O–H groups in total. The predicted octanol–water partition coefficient (Wildman–Crippen LogP) is 3.67. The Morgan fingerprint density at radius 1 is 0.804 bits per heavy atom. The number of carbonyl (C=O) groups excluding carboxylic acids is 1. The number of carbonyl (C=O) groups is 1. The molecule has 1 atom stereocenters. The van der Waals surface area contributed by atoms with Crippen molar-refractivity contribution in [2.24, 2.45) is 0 Å². The van der Waals surface area contributed by atoms with Crippen LogP contribution in [-0.4, -0.2) is 117 Å². The van der Waals surface area contributed by atoms with E-state index in [-0.39, 0.29) is 11.7 Å². The zero-order valence-corrected chi connectivity index (χ0v) is 27.2. The quantitative estimate of drug-likeness (QED) is 0.336. The molecule has 3 saturated heterocycles. The molecule has 3 aliphatic heterocycles. The Kier molecular flexibility index (Phi) is 11.5. The summed E-state index contributed by atoms with van der Waals surface area (Å²) in [5.41, 5.74) is 5.26. The fourth-order valence-corrected chi connectivity index (χ4v) is 6.79. The van der Waals surface area contributed by atoms with E-state index in [0.717, 1.165) is 115 Å². The van der Waals surface area contributed by atoms with E-state index >= 15 is 4.39 Å². The van der Waals surface area contributed by atoms with Crippen molar-refractivity contribution in [1.29, 1.82) is 0 Å². The summed E-state index contributed by atoms with van der Waals surface area (Å²) in [5.74, 6) is -0.374. The molecule has 0 bridgehead atoms. The number of nitrogens with one attached hydrogen (secondary N) is 2. The average molecular weight is 629 g/mol. The molecule has 0 saturated carbocycles. The molecule has 0 aromatic heterocycles. The molecule has 3 fully saturated rings. The topological polar surface area (TPSA) is 63.3 Å². The van der Waals surface area contributed by atoms with E-state index in [0.29, 0.717) is 23.7 Å². The molecule has 0 spiro atoms. The molecule has 3 heterocycles. The zero-order valence-electron chi connectivity index (χ0n) is 27.2. The lowest BCUT2D eigenvalue weighted by molar-refractivity contribution is 0.0296. The third kappa shape index (κ3) is 9.21. The van der Waals surface area contributed by atoms with Crippen molar-refractivity contribution in [3.63, 3.8) is 0 Å². The number of nitrogens with zero attached hydrogens (tertiary/aromatic N) is 4. The van der Waals surface area contributed by atoms with Gasteiger partial charge in [-0.15, -0.1) is 0 Å². The molecule has 9 heteroatoms. The third-order valence-electron chi connectivity index (χ3n) is 9.48. The number of amides is 1. The molecule has 3 aliphatic rings. The van der Waals surface area contributed by atoms with Crippen LogP contribution in [0.4, 0.5) is 4.39 Å². The number of rotatable bonds is 11. The van der Waals surface area contributed by atoms with Gasteiger partial charge in [0.15, 0.2) is 0 Å². The third-order valence-corrected chi connectivity index (χ3v) is 9.48. The Hall–Kier alpha value is -3.18. The van der Waals surface area contributed by atoms with Gasteiger partial charge in [0.1, 0.15) is 5.82 Å². The second-order valence-electron chi connectivity index (χ2n) is 13.1. The number of halogens is 1. The molecule has 8 nitrogen and oxygen atoms in total. The highest BCUT2D eigenvalue weighted by Crippen LogP contribution is 2.26. The standard InChI is InChI=1S/C37H49FN6O2/c1-29-26-44(11-10-39-29)28-31-4-2-6-33(22-31)35-24-30(8-9-36(35)38)25-40-37(45)34-7-3-5-32(23-34)27-43-16-14-41(15-17-43)12-13-42-18-20-46-21-19-42/h2-9,22-24,29,39H,10-21,25-28H2,1H3,(H,40,45)/t29-/m0/s1. The Bertz CT molecular complexity index is 1440. The number of hydrogen-bond donors (Lipinski definition) is 2. The normalized spacial score (nSPS) is 20.5. The fraction of sp³-hybridized carbons (Fsp3) is 0.486. The summed E-state index contributed by atoms with van der Waals surface area (Å²) < 4.78 is 20.5. The van der Waals surface area contributed by atoms with Gasteiger partial charge in [0.25, 0.3) is 5.91 Å². The van der Waals surface area contributed by atoms with Crippen molar-refractivity contribution < 1.29 is 13.9 Å². The van der Waals surface area contributed by atoms with E-state index in [9.17, 15) is 4.79 Å². The van der Waals surface area contributed by atoms with E-state index in [1.54, 1.807) is 6.07 Å². The summed E-state index contributed by atoms with van der Waals surface area (Å²) in [6.45, 7) is 17.5. The zero-order chi connectivity index (χ0) is 31.7. The van der Waals surface area contributed by atoms with E-state index in [1.807, 2.05) is 36.4 Å². The molecule has 0 unspecified atom stereocenters. The maximum absolute atomic E-state index is 15.0. The van der Waals surface area contributed by atoms with Crippen LogP contribution in [-0.2, 0) is 24.4 Å². The van der Waals surface area contributed by atoms with Crippen LogP contribution in [0.3, 0.4) is 0 Å². The highest BCUT2D eigenvalue weighted by molar-refractivity contribution is 5.94. The van der Waals surface area contributed by atoms with Gasteiger partial charge in [-0.2, -0.15) is 0 Å².